The Morgan fingerprint density at radius 2 is 2.11 bits per heavy atom. The van der Waals surface area contributed by atoms with Gasteiger partial charge in [0.25, 0.3) is 0 Å². The molecule has 0 atom stereocenters. The first kappa shape index (κ1) is 11.2. The van der Waals surface area contributed by atoms with E-state index in [0.717, 1.165) is 43.5 Å². The standard InChI is InChI=1S/C12H16N6/c1-17-12(18-7-5-13-6-8-18)15-11(16-17)10-3-2-4-14-9-10/h2-4,9,13H,5-8H2,1H3. The quantitative estimate of drug-likeness (QED) is 0.822. The summed E-state index contributed by atoms with van der Waals surface area (Å²) in [5.74, 6) is 1.66. The Kier molecular flexibility index (Phi) is 2.93. The maximum atomic E-state index is 4.61. The lowest BCUT2D eigenvalue weighted by Crippen LogP contribution is -2.44. The summed E-state index contributed by atoms with van der Waals surface area (Å²) >= 11 is 0. The van der Waals surface area contributed by atoms with E-state index in [1.807, 2.05) is 23.9 Å². The third kappa shape index (κ3) is 2.06. The Bertz CT molecular complexity index is 515. The summed E-state index contributed by atoms with van der Waals surface area (Å²) in [6.45, 7) is 3.93. The predicted octanol–water partition coefficient (Wildman–Crippen LogP) is 0.287. The first-order valence-electron chi connectivity index (χ1n) is 6.12. The second-order valence-electron chi connectivity index (χ2n) is 4.34. The van der Waals surface area contributed by atoms with Crippen LogP contribution in [-0.2, 0) is 7.05 Å². The molecule has 1 fully saturated rings. The Morgan fingerprint density at radius 3 is 2.83 bits per heavy atom. The Morgan fingerprint density at radius 1 is 1.28 bits per heavy atom. The summed E-state index contributed by atoms with van der Waals surface area (Å²) in [5, 5.41) is 7.79. The SMILES string of the molecule is Cn1nc(-c2cccnc2)nc1N1CCNCC1. The lowest BCUT2D eigenvalue weighted by Gasteiger charge is -2.27. The third-order valence-corrected chi connectivity index (χ3v) is 3.06. The smallest absolute Gasteiger partial charge is 0.224 e. The van der Waals surface area contributed by atoms with E-state index >= 15 is 0 Å². The highest BCUT2D eigenvalue weighted by molar-refractivity contribution is 5.55. The zero-order chi connectivity index (χ0) is 12.4. The van der Waals surface area contributed by atoms with Gasteiger partial charge in [0, 0.05) is 51.2 Å². The van der Waals surface area contributed by atoms with Crippen molar-refractivity contribution in [3.05, 3.63) is 24.5 Å². The molecule has 1 N–H and O–H groups in total. The van der Waals surface area contributed by atoms with Crippen LogP contribution in [-0.4, -0.2) is 45.9 Å². The molecule has 3 rings (SSSR count). The van der Waals surface area contributed by atoms with Crippen LogP contribution in [0.15, 0.2) is 24.5 Å². The zero-order valence-corrected chi connectivity index (χ0v) is 10.4. The summed E-state index contributed by atoms with van der Waals surface area (Å²) in [4.78, 5) is 11.0. The Hall–Kier alpha value is -1.95. The summed E-state index contributed by atoms with van der Waals surface area (Å²) in [7, 11) is 1.93. The fraction of sp³-hybridized carbons (Fsp3) is 0.417. The molecule has 2 aromatic heterocycles. The van der Waals surface area contributed by atoms with E-state index in [4.69, 9.17) is 0 Å². The molecule has 94 valence electrons. The highest BCUT2D eigenvalue weighted by Crippen LogP contribution is 2.18. The molecule has 0 amide bonds. The van der Waals surface area contributed by atoms with Gasteiger partial charge >= 0.3 is 0 Å². The molecule has 0 spiro atoms. The van der Waals surface area contributed by atoms with E-state index in [1.165, 1.54) is 0 Å². The van der Waals surface area contributed by atoms with Gasteiger partial charge in [-0.15, -0.1) is 5.10 Å². The van der Waals surface area contributed by atoms with Crippen molar-refractivity contribution in [3.63, 3.8) is 0 Å². The summed E-state index contributed by atoms with van der Waals surface area (Å²) in [6, 6.07) is 3.88. The van der Waals surface area contributed by atoms with Crippen LogP contribution in [0.3, 0.4) is 0 Å². The second kappa shape index (κ2) is 4.73. The number of piperazine rings is 1. The Labute approximate surface area is 106 Å². The number of pyridine rings is 1. The van der Waals surface area contributed by atoms with Crippen molar-refractivity contribution in [2.75, 3.05) is 31.1 Å². The molecule has 2 aromatic rings. The van der Waals surface area contributed by atoms with E-state index in [1.54, 1.807) is 12.4 Å². The number of nitrogens with one attached hydrogen (secondary N) is 1. The topological polar surface area (TPSA) is 58.9 Å². The summed E-state index contributed by atoms with van der Waals surface area (Å²) in [5.41, 5.74) is 0.953. The molecule has 0 unspecified atom stereocenters. The van der Waals surface area contributed by atoms with Gasteiger partial charge in [-0.2, -0.15) is 4.98 Å². The molecule has 0 radical (unpaired) electrons. The van der Waals surface area contributed by atoms with Crippen LogP contribution in [0.4, 0.5) is 5.95 Å². The monoisotopic (exact) mass is 244 g/mol. The number of nitrogens with zero attached hydrogens (tertiary/aromatic N) is 5. The lowest BCUT2D eigenvalue weighted by atomic mass is 10.3. The molecular weight excluding hydrogens is 228 g/mol. The van der Waals surface area contributed by atoms with E-state index in [2.05, 4.69) is 25.3 Å². The van der Waals surface area contributed by atoms with Crippen molar-refractivity contribution in [1.82, 2.24) is 25.1 Å². The number of hydrogen-bond acceptors (Lipinski definition) is 5. The molecule has 1 aliphatic rings. The highest BCUT2D eigenvalue weighted by atomic mass is 15.4. The van der Waals surface area contributed by atoms with Crippen LogP contribution >= 0.6 is 0 Å². The minimum absolute atomic E-state index is 0.735. The normalized spacial score (nSPS) is 15.9. The van der Waals surface area contributed by atoms with Gasteiger partial charge in [-0.1, -0.05) is 0 Å². The van der Waals surface area contributed by atoms with Crippen LogP contribution in [0, 0.1) is 0 Å². The average molecular weight is 244 g/mol. The molecule has 6 heteroatoms. The van der Waals surface area contributed by atoms with Gasteiger partial charge < -0.3 is 10.2 Å². The highest BCUT2D eigenvalue weighted by Gasteiger charge is 2.17. The minimum atomic E-state index is 0.735. The van der Waals surface area contributed by atoms with Crippen LogP contribution < -0.4 is 10.2 Å². The molecule has 18 heavy (non-hydrogen) atoms. The lowest BCUT2D eigenvalue weighted by molar-refractivity contribution is 0.568. The molecule has 1 aliphatic heterocycles. The third-order valence-electron chi connectivity index (χ3n) is 3.06. The number of anilines is 1. The van der Waals surface area contributed by atoms with Crippen molar-refractivity contribution < 1.29 is 0 Å². The van der Waals surface area contributed by atoms with Crippen molar-refractivity contribution in [2.45, 2.75) is 0 Å². The first-order chi connectivity index (χ1) is 8.84. The number of aromatic nitrogens is 4. The largest absolute Gasteiger partial charge is 0.338 e. The van der Waals surface area contributed by atoms with E-state index in [0.29, 0.717) is 0 Å². The summed E-state index contributed by atoms with van der Waals surface area (Å²) in [6.07, 6.45) is 3.54. The van der Waals surface area contributed by atoms with Gasteiger partial charge in [0.1, 0.15) is 0 Å². The van der Waals surface area contributed by atoms with E-state index in [9.17, 15) is 0 Å². The van der Waals surface area contributed by atoms with Crippen molar-refractivity contribution >= 4 is 5.95 Å². The van der Waals surface area contributed by atoms with Gasteiger partial charge in [-0.25, -0.2) is 4.68 Å². The van der Waals surface area contributed by atoms with Gasteiger partial charge in [0.15, 0.2) is 5.82 Å². The molecule has 0 saturated carbocycles. The molecule has 0 aliphatic carbocycles. The molecule has 6 nitrogen and oxygen atoms in total. The average Bonchev–Trinajstić information content (AvgIpc) is 2.83. The maximum absolute atomic E-state index is 4.61. The summed E-state index contributed by atoms with van der Waals surface area (Å²) < 4.78 is 1.84. The van der Waals surface area contributed by atoms with Gasteiger partial charge in [-0.3, -0.25) is 4.98 Å². The zero-order valence-electron chi connectivity index (χ0n) is 10.4. The van der Waals surface area contributed by atoms with Gasteiger partial charge in [0.2, 0.25) is 5.95 Å². The number of aryl methyl sites for hydroxylation is 1. The first-order valence-corrected chi connectivity index (χ1v) is 6.12. The number of hydrogen-bond donors (Lipinski definition) is 1. The second-order valence-corrected chi connectivity index (χ2v) is 4.34. The molecule has 3 heterocycles. The van der Waals surface area contributed by atoms with E-state index in [-0.39, 0.29) is 0 Å². The fourth-order valence-corrected chi connectivity index (χ4v) is 2.13. The molecule has 0 bridgehead atoms. The van der Waals surface area contributed by atoms with Gasteiger partial charge in [0.05, 0.1) is 0 Å². The number of rotatable bonds is 2. The van der Waals surface area contributed by atoms with Crippen molar-refractivity contribution in [1.29, 1.82) is 0 Å². The Balaban J connectivity index is 1.91. The van der Waals surface area contributed by atoms with Crippen LogP contribution in [0.25, 0.3) is 11.4 Å². The minimum Gasteiger partial charge on any atom is -0.338 e. The van der Waals surface area contributed by atoms with Crippen LogP contribution in [0.5, 0.6) is 0 Å². The predicted molar refractivity (Wildman–Crippen MR) is 69.3 cm³/mol. The van der Waals surface area contributed by atoms with Crippen molar-refractivity contribution in [2.24, 2.45) is 7.05 Å². The van der Waals surface area contributed by atoms with Crippen molar-refractivity contribution in [3.8, 4) is 11.4 Å². The molecule has 0 aromatic carbocycles. The molecule has 1 saturated heterocycles. The maximum Gasteiger partial charge on any atom is 0.224 e. The van der Waals surface area contributed by atoms with Crippen LogP contribution in [0.1, 0.15) is 0 Å². The van der Waals surface area contributed by atoms with E-state index < -0.39 is 0 Å². The van der Waals surface area contributed by atoms with Gasteiger partial charge in [-0.05, 0) is 12.1 Å². The fourth-order valence-electron chi connectivity index (χ4n) is 2.13. The van der Waals surface area contributed by atoms with Crippen LogP contribution in [0.2, 0.25) is 0 Å². The molecular formula is C12H16N6.